The largest absolute Gasteiger partial charge is 0.465 e. The zero-order valence-corrected chi connectivity index (χ0v) is 11.5. The maximum Gasteiger partial charge on any atom is 0.407 e. The molecule has 1 aromatic rings. The van der Waals surface area contributed by atoms with Gasteiger partial charge in [-0.2, -0.15) is 5.26 Å². The molecule has 1 fully saturated rings. The van der Waals surface area contributed by atoms with E-state index in [0.29, 0.717) is 13.1 Å². The van der Waals surface area contributed by atoms with Gasteiger partial charge in [-0.15, -0.1) is 11.3 Å². The lowest BCUT2D eigenvalue weighted by Crippen LogP contribution is -2.48. The van der Waals surface area contributed by atoms with Gasteiger partial charge in [0.15, 0.2) is 0 Å². The highest BCUT2D eigenvalue weighted by atomic mass is 32.1. The van der Waals surface area contributed by atoms with Crippen molar-refractivity contribution in [2.75, 3.05) is 32.7 Å². The first-order chi connectivity index (χ1) is 9.19. The van der Waals surface area contributed by atoms with Gasteiger partial charge < -0.3 is 10.0 Å². The van der Waals surface area contributed by atoms with Crippen LogP contribution in [0, 0.1) is 11.3 Å². The first kappa shape index (κ1) is 13.8. The first-order valence-corrected chi connectivity index (χ1v) is 7.20. The summed E-state index contributed by atoms with van der Waals surface area (Å²) >= 11 is 1.56. The summed E-state index contributed by atoms with van der Waals surface area (Å²) in [6.45, 7) is 3.84. The van der Waals surface area contributed by atoms with Gasteiger partial charge >= 0.3 is 6.09 Å². The smallest absolute Gasteiger partial charge is 0.407 e. The Kier molecular flexibility index (Phi) is 4.77. The van der Waals surface area contributed by atoms with E-state index in [2.05, 4.69) is 11.0 Å². The standard InChI is InChI=1S/C13H17N3O2S/c14-10-12-4-3-11(19-12)2-1-5-15-6-8-16(9-7-15)13(17)18/h3-4H,1-2,5-9H2,(H,17,18). The Bertz CT molecular complexity index is 472. The normalized spacial score (nSPS) is 16.3. The lowest BCUT2D eigenvalue weighted by atomic mass is 10.2. The number of nitrogens with zero attached hydrogens (tertiary/aromatic N) is 3. The lowest BCUT2D eigenvalue weighted by molar-refractivity contribution is 0.105. The van der Waals surface area contributed by atoms with Crippen molar-refractivity contribution in [3.63, 3.8) is 0 Å². The van der Waals surface area contributed by atoms with Gasteiger partial charge in [0, 0.05) is 31.1 Å². The number of carbonyl (C=O) groups is 1. The van der Waals surface area contributed by atoms with E-state index in [1.165, 1.54) is 9.78 Å². The minimum Gasteiger partial charge on any atom is -0.465 e. The third-order valence-electron chi connectivity index (χ3n) is 3.31. The van der Waals surface area contributed by atoms with Crippen molar-refractivity contribution in [3.05, 3.63) is 21.9 Å². The van der Waals surface area contributed by atoms with Crippen LogP contribution in [0.2, 0.25) is 0 Å². The Hall–Kier alpha value is -1.58. The topological polar surface area (TPSA) is 67.6 Å². The number of hydrogen-bond acceptors (Lipinski definition) is 4. The van der Waals surface area contributed by atoms with Crippen LogP contribution >= 0.6 is 11.3 Å². The molecule has 1 amide bonds. The zero-order chi connectivity index (χ0) is 13.7. The van der Waals surface area contributed by atoms with Gasteiger partial charge in [0.05, 0.1) is 0 Å². The molecule has 0 bridgehead atoms. The number of nitriles is 1. The number of aryl methyl sites for hydroxylation is 1. The molecule has 1 aliphatic heterocycles. The van der Waals surface area contributed by atoms with Crippen molar-refractivity contribution in [1.82, 2.24) is 9.80 Å². The predicted molar refractivity (Wildman–Crippen MR) is 73.4 cm³/mol. The highest BCUT2D eigenvalue weighted by molar-refractivity contribution is 7.12. The van der Waals surface area contributed by atoms with Gasteiger partial charge in [0.25, 0.3) is 0 Å². The summed E-state index contributed by atoms with van der Waals surface area (Å²) in [7, 11) is 0. The molecule has 2 rings (SSSR count). The van der Waals surface area contributed by atoms with E-state index in [1.807, 2.05) is 12.1 Å². The minimum absolute atomic E-state index is 0.604. The molecule has 0 aliphatic carbocycles. The molecule has 1 saturated heterocycles. The summed E-state index contributed by atoms with van der Waals surface area (Å²) in [5.41, 5.74) is 0. The summed E-state index contributed by atoms with van der Waals surface area (Å²) in [6, 6.07) is 6.04. The molecule has 6 heteroatoms. The molecular weight excluding hydrogens is 262 g/mol. The average Bonchev–Trinajstić information content (AvgIpc) is 2.87. The molecule has 2 heterocycles. The molecule has 1 N–H and O–H groups in total. The predicted octanol–water partition coefficient (Wildman–Crippen LogP) is 1.85. The molecule has 0 aromatic carbocycles. The SMILES string of the molecule is N#Cc1ccc(CCCN2CCN(C(=O)O)CC2)s1. The maximum atomic E-state index is 10.8. The quantitative estimate of drug-likeness (QED) is 0.913. The maximum absolute atomic E-state index is 10.8. The number of hydrogen-bond donors (Lipinski definition) is 1. The second-order valence-corrected chi connectivity index (χ2v) is 5.76. The van der Waals surface area contributed by atoms with E-state index in [1.54, 1.807) is 11.3 Å². The fraction of sp³-hybridized carbons (Fsp3) is 0.538. The van der Waals surface area contributed by atoms with Crippen LogP contribution in [0.4, 0.5) is 4.79 Å². The van der Waals surface area contributed by atoms with Crippen molar-refractivity contribution in [2.24, 2.45) is 0 Å². The summed E-state index contributed by atoms with van der Waals surface area (Å²) < 4.78 is 0. The second-order valence-electron chi connectivity index (χ2n) is 4.59. The van der Waals surface area contributed by atoms with Crippen LogP contribution in [0.15, 0.2) is 12.1 Å². The number of thiophene rings is 1. The van der Waals surface area contributed by atoms with Gasteiger partial charge in [0.2, 0.25) is 0 Å². The van der Waals surface area contributed by atoms with Crippen molar-refractivity contribution in [1.29, 1.82) is 5.26 Å². The van der Waals surface area contributed by atoms with Crippen molar-refractivity contribution < 1.29 is 9.90 Å². The Morgan fingerprint density at radius 1 is 1.37 bits per heavy atom. The van der Waals surface area contributed by atoms with E-state index in [4.69, 9.17) is 10.4 Å². The monoisotopic (exact) mass is 279 g/mol. The van der Waals surface area contributed by atoms with E-state index in [-0.39, 0.29) is 0 Å². The lowest BCUT2D eigenvalue weighted by Gasteiger charge is -2.32. The van der Waals surface area contributed by atoms with Crippen molar-refractivity contribution in [3.8, 4) is 6.07 Å². The molecule has 0 unspecified atom stereocenters. The highest BCUT2D eigenvalue weighted by Crippen LogP contribution is 2.17. The molecule has 1 aliphatic rings. The Balaban J connectivity index is 1.67. The van der Waals surface area contributed by atoms with E-state index >= 15 is 0 Å². The second kappa shape index (κ2) is 6.55. The molecule has 0 radical (unpaired) electrons. The summed E-state index contributed by atoms with van der Waals surface area (Å²) in [5.74, 6) is 0. The molecule has 1 aromatic heterocycles. The van der Waals surface area contributed by atoms with Gasteiger partial charge in [-0.3, -0.25) is 4.90 Å². The van der Waals surface area contributed by atoms with Gasteiger partial charge in [-0.1, -0.05) is 0 Å². The van der Waals surface area contributed by atoms with Crippen LogP contribution in [0.25, 0.3) is 0 Å². The van der Waals surface area contributed by atoms with Crippen LogP contribution in [0.1, 0.15) is 16.2 Å². The van der Waals surface area contributed by atoms with E-state index < -0.39 is 6.09 Å². The van der Waals surface area contributed by atoms with Gasteiger partial charge in [-0.05, 0) is 31.5 Å². The minimum atomic E-state index is -0.817. The van der Waals surface area contributed by atoms with Crippen molar-refractivity contribution >= 4 is 17.4 Å². The molecule has 0 spiro atoms. The molecule has 19 heavy (non-hydrogen) atoms. The Morgan fingerprint density at radius 3 is 2.68 bits per heavy atom. The molecule has 0 atom stereocenters. The molecule has 0 saturated carbocycles. The van der Waals surface area contributed by atoms with Crippen LogP contribution < -0.4 is 0 Å². The van der Waals surface area contributed by atoms with Gasteiger partial charge in [0.1, 0.15) is 10.9 Å². The van der Waals surface area contributed by atoms with Crippen LogP contribution in [-0.2, 0) is 6.42 Å². The summed E-state index contributed by atoms with van der Waals surface area (Å²) in [4.78, 5) is 16.6. The average molecular weight is 279 g/mol. The van der Waals surface area contributed by atoms with E-state index in [9.17, 15) is 4.79 Å². The summed E-state index contributed by atoms with van der Waals surface area (Å²) in [5, 5.41) is 17.6. The Morgan fingerprint density at radius 2 is 2.11 bits per heavy atom. The summed E-state index contributed by atoms with van der Waals surface area (Å²) in [6.07, 6.45) is 1.23. The number of rotatable bonds is 4. The third-order valence-corrected chi connectivity index (χ3v) is 4.36. The zero-order valence-electron chi connectivity index (χ0n) is 10.7. The number of carboxylic acid groups (broad SMARTS) is 1. The fourth-order valence-corrected chi connectivity index (χ4v) is 3.06. The number of piperazine rings is 1. The molecular formula is C13H17N3O2S. The van der Waals surface area contributed by atoms with Crippen LogP contribution in [0.3, 0.4) is 0 Å². The van der Waals surface area contributed by atoms with E-state index in [0.717, 1.165) is 37.4 Å². The number of amides is 1. The Labute approximate surface area is 116 Å². The molecule has 5 nitrogen and oxygen atoms in total. The fourth-order valence-electron chi connectivity index (χ4n) is 2.21. The first-order valence-electron chi connectivity index (χ1n) is 6.38. The van der Waals surface area contributed by atoms with Crippen LogP contribution in [0.5, 0.6) is 0 Å². The van der Waals surface area contributed by atoms with Crippen molar-refractivity contribution in [2.45, 2.75) is 12.8 Å². The highest BCUT2D eigenvalue weighted by Gasteiger charge is 2.19. The van der Waals surface area contributed by atoms with Crippen LogP contribution in [-0.4, -0.2) is 53.7 Å². The third kappa shape index (κ3) is 3.94. The van der Waals surface area contributed by atoms with Gasteiger partial charge in [-0.25, -0.2) is 4.79 Å². The molecule has 102 valence electrons.